The predicted octanol–water partition coefficient (Wildman–Crippen LogP) is 7.01. The molecule has 1 rings (SSSR count). The molecule has 0 fully saturated rings. The SMILES string of the molecule is O=C(O)CCCCCCCCCCCCCCCNC(=O)Nc1ccc(Cl)cc1. The Morgan fingerprint density at radius 2 is 1.17 bits per heavy atom. The molecular weight excluding hydrogens is 388 g/mol. The standard InChI is InChI=1S/C23H37ClN2O3/c24-20-15-17-21(18-16-20)26-23(29)25-19-13-11-9-7-5-3-1-2-4-6-8-10-12-14-22(27)28/h15-18H,1-14,19H2,(H,27,28)(H2,25,26,29). The Balaban J connectivity index is 1.79. The maximum Gasteiger partial charge on any atom is 0.319 e. The summed E-state index contributed by atoms with van der Waals surface area (Å²) < 4.78 is 0. The summed E-state index contributed by atoms with van der Waals surface area (Å²) in [7, 11) is 0. The van der Waals surface area contributed by atoms with E-state index in [2.05, 4.69) is 10.6 Å². The summed E-state index contributed by atoms with van der Waals surface area (Å²) in [6, 6.07) is 6.90. The monoisotopic (exact) mass is 424 g/mol. The fraction of sp³-hybridized carbons (Fsp3) is 0.652. The van der Waals surface area contributed by atoms with Gasteiger partial charge < -0.3 is 15.7 Å². The molecule has 29 heavy (non-hydrogen) atoms. The van der Waals surface area contributed by atoms with Gasteiger partial charge in [0.2, 0.25) is 0 Å². The lowest BCUT2D eigenvalue weighted by Gasteiger charge is -2.07. The van der Waals surface area contributed by atoms with Gasteiger partial charge in [-0.05, 0) is 37.1 Å². The number of nitrogens with one attached hydrogen (secondary N) is 2. The highest BCUT2D eigenvalue weighted by molar-refractivity contribution is 6.30. The van der Waals surface area contributed by atoms with Crippen LogP contribution in [0.4, 0.5) is 10.5 Å². The number of benzene rings is 1. The van der Waals surface area contributed by atoms with Crippen molar-refractivity contribution in [3.05, 3.63) is 29.3 Å². The van der Waals surface area contributed by atoms with E-state index >= 15 is 0 Å². The van der Waals surface area contributed by atoms with Crippen molar-refractivity contribution in [2.45, 2.75) is 89.9 Å². The van der Waals surface area contributed by atoms with E-state index in [9.17, 15) is 9.59 Å². The van der Waals surface area contributed by atoms with E-state index in [4.69, 9.17) is 16.7 Å². The van der Waals surface area contributed by atoms with Crippen molar-refractivity contribution in [3.63, 3.8) is 0 Å². The van der Waals surface area contributed by atoms with Crippen molar-refractivity contribution < 1.29 is 14.7 Å². The lowest BCUT2D eigenvalue weighted by atomic mass is 10.0. The summed E-state index contributed by atoms with van der Waals surface area (Å²) in [4.78, 5) is 22.2. The van der Waals surface area contributed by atoms with Crippen molar-refractivity contribution >= 4 is 29.3 Å². The van der Waals surface area contributed by atoms with Gasteiger partial charge in [0.1, 0.15) is 0 Å². The van der Waals surface area contributed by atoms with Crippen LogP contribution < -0.4 is 10.6 Å². The minimum Gasteiger partial charge on any atom is -0.481 e. The van der Waals surface area contributed by atoms with E-state index < -0.39 is 5.97 Å². The Bertz CT molecular complexity index is 564. The highest BCUT2D eigenvalue weighted by Crippen LogP contribution is 2.14. The van der Waals surface area contributed by atoms with Crippen molar-refractivity contribution in [2.24, 2.45) is 0 Å². The zero-order valence-corrected chi connectivity index (χ0v) is 18.3. The van der Waals surface area contributed by atoms with Gasteiger partial charge in [0.05, 0.1) is 0 Å². The van der Waals surface area contributed by atoms with Crippen LogP contribution in [-0.4, -0.2) is 23.7 Å². The lowest BCUT2D eigenvalue weighted by Crippen LogP contribution is -2.29. The zero-order valence-electron chi connectivity index (χ0n) is 17.6. The van der Waals surface area contributed by atoms with E-state index in [1.165, 1.54) is 57.8 Å². The normalized spacial score (nSPS) is 10.7. The molecule has 0 unspecified atom stereocenters. The summed E-state index contributed by atoms with van der Waals surface area (Å²) in [6.07, 6.45) is 15.7. The van der Waals surface area contributed by atoms with E-state index in [0.717, 1.165) is 31.4 Å². The largest absolute Gasteiger partial charge is 0.481 e. The third kappa shape index (κ3) is 15.8. The first kappa shape index (κ1) is 25.3. The molecule has 3 N–H and O–H groups in total. The second-order valence-electron chi connectivity index (χ2n) is 7.63. The van der Waals surface area contributed by atoms with Gasteiger partial charge in [0.15, 0.2) is 0 Å². The maximum atomic E-state index is 11.8. The Labute approximate surface area is 180 Å². The summed E-state index contributed by atoms with van der Waals surface area (Å²) in [5, 5.41) is 14.9. The Morgan fingerprint density at radius 3 is 1.66 bits per heavy atom. The van der Waals surface area contributed by atoms with Gasteiger partial charge in [0, 0.05) is 23.7 Å². The number of carboxylic acid groups (broad SMARTS) is 1. The van der Waals surface area contributed by atoms with Crippen molar-refractivity contribution in [1.82, 2.24) is 5.32 Å². The first-order valence-electron chi connectivity index (χ1n) is 11.1. The third-order valence-corrected chi connectivity index (χ3v) is 5.21. The van der Waals surface area contributed by atoms with Crippen molar-refractivity contribution in [2.75, 3.05) is 11.9 Å². The molecule has 0 saturated carbocycles. The van der Waals surface area contributed by atoms with Crippen LogP contribution in [0.2, 0.25) is 5.02 Å². The van der Waals surface area contributed by atoms with Gasteiger partial charge in [-0.25, -0.2) is 4.79 Å². The van der Waals surface area contributed by atoms with Crippen LogP contribution in [0.25, 0.3) is 0 Å². The van der Waals surface area contributed by atoms with Gasteiger partial charge in [-0.2, -0.15) is 0 Å². The second-order valence-corrected chi connectivity index (χ2v) is 8.06. The number of anilines is 1. The van der Waals surface area contributed by atoms with Gasteiger partial charge in [-0.3, -0.25) is 4.79 Å². The van der Waals surface area contributed by atoms with Crippen LogP contribution in [-0.2, 0) is 4.79 Å². The van der Waals surface area contributed by atoms with Crippen LogP contribution >= 0.6 is 11.6 Å². The number of hydrogen-bond acceptors (Lipinski definition) is 2. The van der Waals surface area contributed by atoms with Gasteiger partial charge in [-0.15, -0.1) is 0 Å². The zero-order chi connectivity index (χ0) is 21.2. The van der Waals surface area contributed by atoms with Crippen LogP contribution in [0, 0.1) is 0 Å². The first-order chi connectivity index (χ1) is 14.1. The number of rotatable bonds is 17. The van der Waals surface area contributed by atoms with Crippen molar-refractivity contribution in [1.29, 1.82) is 0 Å². The van der Waals surface area contributed by atoms with E-state index in [1.807, 2.05) is 0 Å². The van der Waals surface area contributed by atoms with Gasteiger partial charge in [-0.1, -0.05) is 82.2 Å². The molecule has 0 aliphatic heterocycles. The Morgan fingerprint density at radius 1 is 0.724 bits per heavy atom. The van der Waals surface area contributed by atoms with Gasteiger partial charge >= 0.3 is 12.0 Å². The molecule has 0 aliphatic rings. The Hall–Kier alpha value is -1.75. The number of amides is 2. The molecule has 0 atom stereocenters. The van der Waals surface area contributed by atoms with Crippen LogP contribution in [0.15, 0.2) is 24.3 Å². The molecule has 0 spiro atoms. The summed E-state index contributed by atoms with van der Waals surface area (Å²) in [6.45, 7) is 0.700. The molecule has 164 valence electrons. The average Bonchev–Trinajstić information content (AvgIpc) is 2.69. The second kappa shape index (κ2) is 17.1. The number of unbranched alkanes of at least 4 members (excludes halogenated alkanes) is 12. The quantitative estimate of drug-likeness (QED) is 0.235. The molecular formula is C23H37ClN2O3. The fourth-order valence-electron chi connectivity index (χ4n) is 3.26. The maximum absolute atomic E-state index is 11.8. The van der Waals surface area contributed by atoms with Crippen molar-refractivity contribution in [3.8, 4) is 0 Å². The molecule has 2 amide bonds. The summed E-state index contributed by atoms with van der Waals surface area (Å²) in [5.74, 6) is -0.680. The topological polar surface area (TPSA) is 78.4 Å². The van der Waals surface area contributed by atoms with E-state index in [-0.39, 0.29) is 6.03 Å². The molecule has 0 bridgehead atoms. The predicted molar refractivity (Wildman–Crippen MR) is 121 cm³/mol. The molecule has 1 aromatic rings. The molecule has 0 saturated heterocycles. The van der Waals surface area contributed by atoms with Crippen LogP contribution in [0.3, 0.4) is 0 Å². The van der Waals surface area contributed by atoms with Gasteiger partial charge in [0.25, 0.3) is 0 Å². The van der Waals surface area contributed by atoms with E-state index in [0.29, 0.717) is 18.0 Å². The Kier molecular flexibility index (Phi) is 14.9. The number of carbonyl (C=O) groups excluding carboxylic acids is 1. The average molecular weight is 425 g/mol. The summed E-state index contributed by atoms with van der Waals surface area (Å²) >= 11 is 5.82. The molecule has 5 nitrogen and oxygen atoms in total. The first-order valence-corrected chi connectivity index (χ1v) is 11.5. The minimum absolute atomic E-state index is 0.172. The smallest absolute Gasteiger partial charge is 0.319 e. The minimum atomic E-state index is -0.680. The molecule has 0 radical (unpaired) electrons. The van der Waals surface area contributed by atoms with Crippen LogP contribution in [0.5, 0.6) is 0 Å². The molecule has 6 heteroatoms. The van der Waals surface area contributed by atoms with Crippen LogP contribution in [0.1, 0.15) is 89.9 Å². The lowest BCUT2D eigenvalue weighted by molar-refractivity contribution is -0.137. The number of carbonyl (C=O) groups is 2. The number of urea groups is 1. The molecule has 0 aliphatic carbocycles. The third-order valence-electron chi connectivity index (χ3n) is 4.96. The molecule has 0 heterocycles. The molecule has 1 aromatic carbocycles. The number of carboxylic acids is 1. The number of hydrogen-bond donors (Lipinski definition) is 3. The highest BCUT2D eigenvalue weighted by Gasteiger charge is 2.01. The van der Waals surface area contributed by atoms with E-state index in [1.54, 1.807) is 24.3 Å². The fourth-order valence-corrected chi connectivity index (χ4v) is 3.38. The summed E-state index contributed by atoms with van der Waals surface area (Å²) in [5.41, 5.74) is 0.741. The highest BCUT2D eigenvalue weighted by atomic mass is 35.5. The number of aliphatic carboxylic acids is 1. The molecule has 0 aromatic heterocycles. The number of halogens is 1.